The molecule has 0 unspecified atom stereocenters. The first-order chi connectivity index (χ1) is 10.8. The highest BCUT2D eigenvalue weighted by molar-refractivity contribution is 6.30. The number of nitrogens with one attached hydrogen (secondary N) is 1. The average molecular weight is 360 g/mol. The van der Waals surface area contributed by atoms with Gasteiger partial charge < -0.3 is 5.32 Å². The van der Waals surface area contributed by atoms with Crippen molar-refractivity contribution in [2.24, 2.45) is 0 Å². The highest BCUT2D eigenvalue weighted by Gasteiger charge is 1.97. The number of benzene rings is 1. The third-order valence-corrected chi connectivity index (χ3v) is 3.19. The molecular weight excluding hydrogens is 325 g/mol. The predicted molar refractivity (Wildman–Crippen MR) is 111 cm³/mol. The Hall–Kier alpha value is -0.920. The zero-order chi connectivity index (χ0) is 19.0. The van der Waals surface area contributed by atoms with Gasteiger partial charge in [-0.1, -0.05) is 50.9 Å². The number of halogens is 2. The Morgan fingerprint density at radius 2 is 1.30 bits per heavy atom. The molecule has 1 nitrogen and oxygen atoms in total. The van der Waals surface area contributed by atoms with Crippen LogP contribution in [0.2, 0.25) is 5.02 Å². The lowest BCUT2D eigenvalue weighted by Crippen LogP contribution is -2.00. The molecule has 3 heteroatoms. The van der Waals surface area contributed by atoms with Gasteiger partial charge in [-0.3, -0.25) is 0 Å². The smallest absolute Gasteiger partial charge is 0.0411 e. The van der Waals surface area contributed by atoms with E-state index in [0.717, 1.165) is 15.8 Å². The summed E-state index contributed by atoms with van der Waals surface area (Å²) in [4.78, 5) is 0. The molecule has 0 aromatic heterocycles. The summed E-state index contributed by atoms with van der Waals surface area (Å²) in [5, 5.41) is 4.61. The summed E-state index contributed by atoms with van der Waals surface area (Å²) >= 11 is 11.4. The number of aryl methyl sites for hydroxylation is 2. The molecule has 0 radical (unpaired) electrons. The minimum atomic E-state index is 0.796. The van der Waals surface area contributed by atoms with Crippen LogP contribution in [0.1, 0.15) is 58.2 Å². The first kappa shape index (κ1) is 27.0. The molecule has 0 atom stereocenters. The first-order valence-electron chi connectivity index (χ1n) is 8.19. The van der Waals surface area contributed by atoms with Gasteiger partial charge in [-0.15, -0.1) is 0 Å². The molecule has 1 rings (SSSR count). The van der Waals surface area contributed by atoms with Gasteiger partial charge in [0.05, 0.1) is 0 Å². The van der Waals surface area contributed by atoms with Crippen LogP contribution in [0.3, 0.4) is 0 Å². The molecule has 1 aromatic rings. The van der Waals surface area contributed by atoms with Gasteiger partial charge in [0.15, 0.2) is 0 Å². The van der Waals surface area contributed by atoms with Gasteiger partial charge >= 0.3 is 0 Å². The SMILES string of the molecule is CC.CC.CN/C(C)=C/C=C(\C)Cl.Cc1cc(Cl)cc(C)c1C. The van der Waals surface area contributed by atoms with Crippen LogP contribution in [0, 0.1) is 20.8 Å². The Morgan fingerprint density at radius 1 is 0.913 bits per heavy atom. The third kappa shape index (κ3) is 15.7. The second-order valence-corrected chi connectivity index (χ2v) is 5.55. The Kier molecular flexibility index (Phi) is 20.4. The summed E-state index contributed by atoms with van der Waals surface area (Å²) < 4.78 is 0. The highest BCUT2D eigenvalue weighted by atomic mass is 35.5. The molecule has 0 bridgehead atoms. The summed E-state index contributed by atoms with van der Waals surface area (Å²) in [7, 11) is 1.88. The molecule has 23 heavy (non-hydrogen) atoms. The van der Waals surface area contributed by atoms with E-state index in [9.17, 15) is 0 Å². The van der Waals surface area contributed by atoms with E-state index in [1.54, 1.807) is 0 Å². The van der Waals surface area contributed by atoms with Crippen LogP contribution in [-0.4, -0.2) is 7.05 Å². The van der Waals surface area contributed by atoms with Crippen molar-refractivity contribution in [1.82, 2.24) is 5.32 Å². The van der Waals surface area contributed by atoms with Crippen molar-refractivity contribution < 1.29 is 0 Å². The fourth-order valence-electron chi connectivity index (χ4n) is 1.31. The second kappa shape index (κ2) is 17.4. The largest absolute Gasteiger partial charge is 0.392 e. The number of hydrogen-bond donors (Lipinski definition) is 1. The Labute approximate surface area is 154 Å². The number of hydrogen-bond acceptors (Lipinski definition) is 1. The summed E-state index contributed by atoms with van der Waals surface area (Å²) in [6.07, 6.45) is 3.79. The Balaban J connectivity index is -0.000000287. The maximum Gasteiger partial charge on any atom is 0.0411 e. The molecular formula is C20H35Cl2N. The van der Waals surface area contributed by atoms with Crippen LogP contribution < -0.4 is 5.32 Å². The zero-order valence-electron chi connectivity index (χ0n) is 16.6. The molecule has 0 amide bonds. The first-order valence-corrected chi connectivity index (χ1v) is 8.95. The molecule has 0 saturated carbocycles. The van der Waals surface area contributed by atoms with Gasteiger partial charge in [-0.05, 0) is 75.6 Å². The van der Waals surface area contributed by atoms with Crippen molar-refractivity contribution in [3.63, 3.8) is 0 Å². The summed E-state index contributed by atoms with van der Waals surface area (Å²) in [5.41, 5.74) is 4.98. The Morgan fingerprint density at radius 3 is 1.61 bits per heavy atom. The molecule has 0 spiro atoms. The molecule has 0 aliphatic rings. The fraction of sp³-hybridized carbons (Fsp3) is 0.500. The number of allylic oxidation sites excluding steroid dienone is 4. The quantitative estimate of drug-likeness (QED) is 0.536. The van der Waals surface area contributed by atoms with Gasteiger partial charge in [0.1, 0.15) is 0 Å². The minimum Gasteiger partial charge on any atom is -0.392 e. The van der Waals surface area contributed by atoms with Gasteiger partial charge in [-0.25, -0.2) is 0 Å². The van der Waals surface area contributed by atoms with Crippen molar-refractivity contribution in [3.05, 3.63) is 56.7 Å². The summed E-state index contributed by atoms with van der Waals surface area (Å²) in [6, 6.07) is 3.98. The zero-order valence-corrected chi connectivity index (χ0v) is 18.1. The maximum atomic E-state index is 5.82. The normalized spacial score (nSPS) is 10.3. The van der Waals surface area contributed by atoms with Crippen molar-refractivity contribution in [2.75, 3.05) is 7.05 Å². The minimum absolute atomic E-state index is 0.796. The van der Waals surface area contributed by atoms with E-state index < -0.39 is 0 Å². The van der Waals surface area contributed by atoms with Gasteiger partial charge in [0.2, 0.25) is 0 Å². The van der Waals surface area contributed by atoms with E-state index in [4.69, 9.17) is 23.2 Å². The van der Waals surface area contributed by atoms with Crippen LogP contribution in [-0.2, 0) is 0 Å². The lowest BCUT2D eigenvalue weighted by molar-refractivity contribution is 0.990. The molecule has 1 aromatic carbocycles. The monoisotopic (exact) mass is 359 g/mol. The average Bonchev–Trinajstić information content (AvgIpc) is 2.54. The number of rotatable bonds is 2. The van der Waals surface area contributed by atoms with E-state index in [2.05, 4.69) is 26.1 Å². The topological polar surface area (TPSA) is 12.0 Å². The maximum absolute atomic E-state index is 5.82. The van der Waals surface area contributed by atoms with Gasteiger partial charge in [0.25, 0.3) is 0 Å². The van der Waals surface area contributed by atoms with Gasteiger partial charge in [-0.2, -0.15) is 0 Å². The van der Waals surface area contributed by atoms with Crippen LogP contribution in [0.25, 0.3) is 0 Å². The van der Waals surface area contributed by atoms with E-state index in [0.29, 0.717) is 0 Å². The van der Waals surface area contributed by atoms with E-state index in [1.165, 1.54) is 16.7 Å². The molecule has 134 valence electrons. The summed E-state index contributed by atoms with van der Waals surface area (Å²) in [6.45, 7) is 18.1. The summed E-state index contributed by atoms with van der Waals surface area (Å²) in [5.74, 6) is 0. The van der Waals surface area contributed by atoms with Crippen molar-refractivity contribution in [3.8, 4) is 0 Å². The molecule has 1 N–H and O–H groups in total. The molecule has 0 fully saturated rings. The van der Waals surface area contributed by atoms with Crippen molar-refractivity contribution in [1.29, 1.82) is 0 Å². The predicted octanol–water partition coefficient (Wildman–Crippen LogP) is 7.57. The lowest BCUT2D eigenvalue weighted by atomic mass is 10.1. The van der Waals surface area contributed by atoms with Crippen LogP contribution >= 0.6 is 23.2 Å². The van der Waals surface area contributed by atoms with Crippen LogP contribution in [0.4, 0.5) is 0 Å². The molecule has 0 aliphatic carbocycles. The van der Waals surface area contributed by atoms with Crippen molar-refractivity contribution >= 4 is 23.2 Å². The van der Waals surface area contributed by atoms with Crippen LogP contribution in [0.5, 0.6) is 0 Å². The third-order valence-electron chi connectivity index (χ3n) is 2.85. The second-order valence-electron chi connectivity index (χ2n) is 4.52. The standard InChI is InChI=1S/C9H11Cl.C7H12ClN.2C2H6/c1-6-4-9(10)5-7(2)8(6)3;1-6(8)4-5-7(2)9-3;2*1-2/h4-5H,1-3H3;4-5,9H,1-3H3;2*1-2H3/b;6-4+,7-5+;;. The van der Waals surface area contributed by atoms with Crippen molar-refractivity contribution in [2.45, 2.75) is 62.3 Å². The highest BCUT2D eigenvalue weighted by Crippen LogP contribution is 2.18. The van der Waals surface area contributed by atoms with E-state index in [1.807, 2.05) is 72.9 Å². The molecule has 0 saturated heterocycles. The van der Waals surface area contributed by atoms with Crippen LogP contribution in [0.15, 0.2) is 35.0 Å². The van der Waals surface area contributed by atoms with E-state index in [-0.39, 0.29) is 0 Å². The lowest BCUT2D eigenvalue weighted by Gasteiger charge is -2.03. The Bertz CT molecular complexity index is 448. The fourth-order valence-corrected chi connectivity index (χ4v) is 1.70. The van der Waals surface area contributed by atoms with E-state index >= 15 is 0 Å². The molecule has 0 heterocycles. The van der Waals surface area contributed by atoms with Gasteiger partial charge in [0, 0.05) is 22.8 Å². The molecule has 0 aliphatic heterocycles.